The maximum Gasteiger partial charge on any atom is 0.319 e. The summed E-state index contributed by atoms with van der Waals surface area (Å²) in [5, 5.41) is 6.37. The molecule has 1 aromatic heterocycles. The number of imidazole rings is 1. The Kier molecular flexibility index (Phi) is 7.33. The molecule has 0 bridgehead atoms. The highest BCUT2D eigenvalue weighted by atomic mass is 19.3. The first-order valence-corrected chi connectivity index (χ1v) is 9.50. The van der Waals surface area contributed by atoms with E-state index in [9.17, 15) is 8.78 Å². The highest BCUT2D eigenvalue weighted by molar-refractivity contribution is 5.79. The lowest BCUT2D eigenvalue weighted by molar-refractivity contribution is 0.0668. The largest absolute Gasteiger partial charge is 0.356 e. The maximum atomic E-state index is 13.0. The van der Waals surface area contributed by atoms with E-state index in [0.717, 1.165) is 11.0 Å². The van der Waals surface area contributed by atoms with E-state index in [2.05, 4.69) is 44.9 Å². The van der Waals surface area contributed by atoms with Crippen molar-refractivity contribution in [1.82, 2.24) is 20.2 Å². The molecule has 3 rings (SSSR count). The van der Waals surface area contributed by atoms with E-state index in [1.54, 1.807) is 7.05 Å². The third kappa shape index (κ3) is 5.88. The van der Waals surface area contributed by atoms with Crippen molar-refractivity contribution < 1.29 is 8.78 Å². The Morgan fingerprint density at radius 1 is 1.03 bits per heavy atom. The molecule has 0 spiro atoms. The normalized spacial score (nSPS) is 12.8. The van der Waals surface area contributed by atoms with Crippen LogP contribution in [-0.4, -0.2) is 29.1 Å². The summed E-state index contributed by atoms with van der Waals surface area (Å²) in [5.41, 5.74) is 2.48. The van der Waals surface area contributed by atoms with Crippen LogP contribution < -0.4 is 10.6 Å². The van der Waals surface area contributed by atoms with Crippen molar-refractivity contribution in [2.75, 3.05) is 13.6 Å². The van der Waals surface area contributed by atoms with Crippen LogP contribution in [0.2, 0.25) is 0 Å². The van der Waals surface area contributed by atoms with E-state index in [1.165, 1.54) is 23.5 Å². The summed E-state index contributed by atoms with van der Waals surface area (Å²) in [6.07, 6.45) is 3.51. The Balaban J connectivity index is 1.63. The number of rotatable bonds is 8. The molecule has 0 fully saturated rings. The van der Waals surface area contributed by atoms with Gasteiger partial charge >= 0.3 is 6.55 Å². The van der Waals surface area contributed by atoms with Gasteiger partial charge in [0.05, 0.1) is 6.54 Å². The van der Waals surface area contributed by atoms with Crippen molar-refractivity contribution >= 4 is 5.96 Å². The third-order valence-corrected chi connectivity index (χ3v) is 4.71. The molecule has 0 radical (unpaired) electrons. The number of nitrogens with zero attached hydrogens (tertiary/aromatic N) is 3. The lowest BCUT2D eigenvalue weighted by Crippen LogP contribution is -2.39. The van der Waals surface area contributed by atoms with Gasteiger partial charge in [-0.25, -0.2) is 4.98 Å². The van der Waals surface area contributed by atoms with Gasteiger partial charge in [0.25, 0.3) is 0 Å². The number of aliphatic imine (C=N–C) groups is 1. The average Bonchev–Trinajstić information content (AvgIpc) is 3.23. The fraction of sp³-hybridized carbons (Fsp3) is 0.273. The first-order valence-electron chi connectivity index (χ1n) is 9.50. The van der Waals surface area contributed by atoms with E-state index >= 15 is 0 Å². The first kappa shape index (κ1) is 20.5. The van der Waals surface area contributed by atoms with Crippen molar-refractivity contribution in [2.24, 2.45) is 4.99 Å². The lowest BCUT2D eigenvalue weighted by atomic mass is 9.92. The quantitative estimate of drug-likeness (QED) is 0.447. The van der Waals surface area contributed by atoms with E-state index in [1.807, 2.05) is 36.4 Å². The molecule has 1 heterocycles. The molecule has 152 valence electrons. The van der Waals surface area contributed by atoms with Crippen LogP contribution in [0.3, 0.4) is 0 Å². The number of guanidine groups is 1. The zero-order chi connectivity index (χ0) is 20.5. The molecule has 1 atom stereocenters. The minimum atomic E-state index is -2.61. The number of aromatic nitrogens is 2. The highest BCUT2D eigenvalue weighted by Crippen LogP contribution is 2.20. The second-order valence-corrected chi connectivity index (χ2v) is 6.63. The van der Waals surface area contributed by atoms with Crippen LogP contribution in [0.4, 0.5) is 8.78 Å². The molecular formula is C22H25F2N5. The van der Waals surface area contributed by atoms with Crippen LogP contribution in [0.1, 0.15) is 29.4 Å². The van der Waals surface area contributed by atoms with Gasteiger partial charge in [-0.2, -0.15) is 8.78 Å². The van der Waals surface area contributed by atoms with Gasteiger partial charge in [-0.05, 0) is 17.5 Å². The number of nitrogens with one attached hydrogen (secondary N) is 2. The Labute approximate surface area is 169 Å². The van der Waals surface area contributed by atoms with Crippen LogP contribution in [-0.2, 0) is 13.0 Å². The van der Waals surface area contributed by atoms with Crippen LogP contribution >= 0.6 is 0 Å². The molecule has 0 aliphatic heterocycles. The lowest BCUT2D eigenvalue weighted by Gasteiger charge is -2.20. The third-order valence-electron chi connectivity index (χ3n) is 4.71. The van der Waals surface area contributed by atoms with Crippen LogP contribution in [0.5, 0.6) is 0 Å². The van der Waals surface area contributed by atoms with Crippen molar-refractivity contribution in [3.05, 3.63) is 90.0 Å². The van der Waals surface area contributed by atoms with Gasteiger partial charge in [-0.15, -0.1) is 0 Å². The van der Waals surface area contributed by atoms with Crippen LogP contribution in [0.15, 0.2) is 78.0 Å². The van der Waals surface area contributed by atoms with Crippen molar-refractivity contribution in [3.8, 4) is 0 Å². The molecule has 0 saturated carbocycles. The summed E-state index contributed by atoms with van der Waals surface area (Å²) >= 11 is 0. The molecule has 5 nitrogen and oxygen atoms in total. The predicted molar refractivity (Wildman–Crippen MR) is 111 cm³/mol. The summed E-state index contributed by atoms with van der Waals surface area (Å²) in [4.78, 5) is 8.18. The molecule has 1 unspecified atom stereocenters. The maximum absolute atomic E-state index is 13.0. The topological polar surface area (TPSA) is 54.2 Å². The number of benzene rings is 2. The van der Waals surface area contributed by atoms with Gasteiger partial charge in [0, 0.05) is 31.9 Å². The number of alkyl halides is 2. The Morgan fingerprint density at radius 2 is 1.72 bits per heavy atom. The summed E-state index contributed by atoms with van der Waals surface area (Å²) in [7, 11) is 1.66. The van der Waals surface area contributed by atoms with Crippen molar-refractivity contribution in [3.63, 3.8) is 0 Å². The zero-order valence-electron chi connectivity index (χ0n) is 16.3. The van der Waals surface area contributed by atoms with Crippen molar-refractivity contribution in [2.45, 2.75) is 25.4 Å². The molecule has 2 N–H and O–H groups in total. The number of hydrogen-bond donors (Lipinski definition) is 2. The first-order chi connectivity index (χ1) is 14.2. The van der Waals surface area contributed by atoms with Gasteiger partial charge in [0.15, 0.2) is 5.96 Å². The minimum absolute atomic E-state index is 0.158. The molecule has 29 heavy (non-hydrogen) atoms. The molecular weight excluding hydrogens is 372 g/mol. The fourth-order valence-electron chi connectivity index (χ4n) is 3.19. The Hall–Kier alpha value is -3.22. The monoisotopic (exact) mass is 397 g/mol. The van der Waals surface area contributed by atoms with Crippen molar-refractivity contribution in [1.29, 1.82) is 0 Å². The number of hydrogen-bond acceptors (Lipinski definition) is 2. The SMILES string of the molecule is CN=C(NCc1nccn1C(F)F)NCC(Cc1ccccc1)c1ccccc1. The predicted octanol–water partition coefficient (Wildman–Crippen LogP) is 3.97. The molecule has 0 amide bonds. The molecule has 0 saturated heterocycles. The zero-order valence-corrected chi connectivity index (χ0v) is 16.3. The Morgan fingerprint density at radius 3 is 2.38 bits per heavy atom. The molecule has 3 aromatic rings. The molecule has 0 aliphatic carbocycles. The van der Waals surface area contributed by atoms with E-state index in [4.69, 9.17) is 0 Å². The fourth-order valence-corrected chi connectivity index (χ4v) is 3.19. The van der Waals surface area contributed by atoms with Gasteiger partial charge in [-0.3, -0.25) is 9.56 Å². The smallest absolute Gasteiger partial charge is 0.319 e. The molecule has 0 aliphatic rings. The summed E-state index contributed by atoms with van der Waals surface area (Å²) in [6, 6.07) is 20.6. The molecule has 7 heteroatoms. The van der Waals surface area contributed by atoms with E-state index in [0.29, 0.717) is 12.5 Å². The standard InChI is InChI=1S/C22H25F2N5/c1-25-22(28-16-20-26-12-13-29(20)21(23)24)27-15-19(18-10-6-3-7-11-18)14-17-8-4-2-5-9-17/h2-13,19,21H,14-16H2,1H3,(H2,25,27,28). The average molecular weight is 397 g/mol. The minimum Gasteiger partial charge on any atom is -0.356 e. The summed E-state index contributed by atoms with van der Waals surface area (Å²) in [6.45, 7) is -1.80. The summed E-state index contributed by atoms with van der Waals surface area (Å²) < 4.78 is 26.8. The second-order valence-electron chi connectivity index (χ2n) is 6.63. The van der Waals surface area contributed by atoms with E-state index in [-0.39, 0.29) is 18.3 Å². The van der Waals surface area contributed by atoms with Gasteiger partial charge in [-0.1, -0.05) is 60.7 Å². The van der Waals surface area contributed by atoms with E-state index < -0.39 is 6.55 Å². The second kappa shape index (κ2) is 10.4. The van der Waals surface area contributed by atoms with Gasteiger partial charge < -0.3 is 10.6 Å². The van der Waals surface area contributed by atoms with Crippen LogP contribution in [0, 0.1) is 0 Å². The highest BCUT2D eigenvalue weighted by Gasteiger charge is 2.14. The summed E-state index contributed by atoms with van der Waals surface area (Å²) in [5.74, 6) is 1.04. The van der Waals surface area contributed by atoms with Crippen LogP contribution in [0.25, 0.3) is 0 Å². The van der Waals surface area contributed by atoms with Gasteiger partial charge in [0.2, 0.25) is 0 Å². The van der Waals surface area contributed by atoms with Gasteiger partial charge in [0.1, 0.15) is 5.82 Å². The number of halogens is 2. The molecule has 2 aromatic carbocycles. The Bertz CT molecular complexity index is 894.